The number of aryl methyl sites for hydroxylation is 1. The van der Waals surface area contributed by atoms with E-state index in [0.29, 0.717) is 18.1 Å². The fraction of sp³-hybridized carbons (Fsp3) is 0.320. The van der Waals surface area contributed by atoms with Crippen LogP contribution in [0.3, 0.4) is 0 Å². The Morgan fingerprint density at radius 2 is 1.91 bits per heavy atom. The number of nitrogen functional groups attached to an aromatic ring is 1. The maximum absolute atomic E-state index is 13.6. The summed E-state index contributed by atoms with van der Waals surface area (Å²) in [5.41, 5.74) is 7.49. The highest BCUT2D eigenvalue weighted by molar-refractivity contribution is 6.12. The van der Waals surface area contributed by atoms with Crippen LogP contribution in [0.25, 0.3) is 0 Å². The highest BCUT2D eigenvalue weighted by atomic mass is 16.2. The Morgan fingerprint density at radius 3 is 2.54 bits per heavy atom. The Bertz CT molecular complexity index is 1230. The van der Waals surface area contributed by atoms with Crippen LogP contribution in [0, 0.1) is 5.92 Å². The second kappa shape index (κ2) is 9.96. The maximum Gasteiger partial charge on any atom is 0.325 e. The van der Waals surface area contributed by atoms with Gasteiger partial charge in [0.15, 0.2) is 0 Å². The molecule has 3 heterocycles. The summed E-state index contributed by atoms with van der Waals surface area (Å²) in [6.07, 6.45) is 4.03. The van der Waals surface area contributed by atoms with Crippen LogP contribution in [0.2, 0.25) is 0 Å². The van der Waals surface area contributed by atoms with Gasteiger partial charge < -0.3 is 11.1 Å². The normalized spacial score (nSPS) is 18.0. The molecule has 0 spiro atoms. The molecule has 1 aromatic carbocycles. The van der Waals surface area contributed by atoms with Crippen LogP contribution >= 0.6 is 0 Å². The quantitative estimate of drug-likeness (QED) is 0.505. The summed E-state index contributed by atoms with van der Waals surface area (Å²) >= 11 is 0. The second-order valence-corrected chi connectivity index (χ2v) is 8.58. The topological polar surface area (TPSA) is 126 Å². The highest BCUT2D eigenvalue weighted by Crippen LogP contribution is 2.33. The van der Waals surface area contributed by atoms with Crippen molar-refractivity contribution in [1.82, 2.24) is 25.0 Å². The first-order valence-corrected chi connectivity index (χ1v) is 11.5. The van der Waals surface area contributed by atoms with Crippen LogP contribution in [0.5, 0.6) is 0 Å². The Balaban J connectivity index is 1.60. The molecule has 0 radical (unpaired) electrons. The van der Waals surface area contributed by atoms with Crippen LogP contribution in [-0.2, 0) is 23.1 Å². The lowest BCUT2D eigenvalue weighted by Crippen LogP contribution is -2.70. The molecule has 4 rings (SSSR count). The van der Waals surface area contributed by atoms with Gasteiger partial charge in [-0.05, 0) is 36.1 Å². The van der Waals surface area contributed by atoms with Gasteiger partial charge in [-0.1, -0.05) is 37.3 Å². The molecule has 0 aliphatic carbocycles. The number of nitrogens with zero attached hydrogens (tertiary/aromatic N) is 5. The van der Waals surface area contributed by atoms with E-state index in [1.807, 2.05) is 37.3 Å². The van der Waals surface area contributed by atoms with E-state index >= 15 is 0 Å². The van der Waals surface area contributed by atoms with Crippen LogP contribution in [0.1, 0.15) is 30.5 Å². The van der Waals surface area contributed by atoms with Crippen molar-refractivity contribution in [3.8, 4) is 0 Å². The molecule has 35 heavy (non-hydrogen) atoms. The predicted octanol–water partition coefficient (Wildman–Crippen LogP) is 2.29. The lowest BCUT2D eigenvalue weighted by molar-refractivity contribution is -0.156. The number of carbonyl (C=O) groups is 3. The van der Waals surface area contributed by atoms with E-state index in [1.165, 1.54) is 4.90 Å². The number of β-lactam (4-membered cyclic amide) rings is 1. The molecule has 0 bridgehead atoms. The second-order valence-electron chi connectivity index (χ2n) is 8.58. The molecule has 182 valence electrons. The van der Waals surface area contributed by atoms with Crippen LogP contribution in [-0.4, -0.2) is 50.6 Å². The summed E-state index contributed by atoms with van der Waals surface area (Å²) in [5, 5.41) is 7.04. The first-order chi connectivity index (χ1) is 16.8. The zero-order valence-electron chi connectivity index (χ0n) is 20.0. The molecule has 1 aliphatic rings. The fourth-order valence-corrected chi connectivity index (χ4v) is 4.46. The summed E-state index contributed by atoms with van der Waals surface area (Å²) in [7, 11) is 3.33. The molecule has 10 heteroatoms. The first kappa shape index (κ1) is 23.9. The molecule has 1 aliphatic heterocycles. The van der Waals surface area contributed by atoms with Crippen molar-refractivity contribution in [2.75, 3.05) is 17.7 Å². The van der Waals surface area contributed by atoms with Crippen LogP contribution in [0.15, 0.2) is 60.9 Å². The molecule has 0 saturated carbocycles. The Morgan fingerprint density at radius 1 is 1.17 bits per heavy atom. The number of nitrogens with one attached hydrogen (secondary N) is 1. The number of aromatic nitrogens is 3. The van der Waals surface area contributed by atoms with E-state index in [2.05, 4.69) is 15.4 Å². The molecular formula is C25H29N7O3. The number of carbonyl (C=O) groups excluding carboxylic acids is 3. The Hall–Kier alpha value is -4.21. The van der Waals surface area contributed by atoms with Gasteiger partial charge in [-0.2, -0.15) is 5.10 Å². The molecule has 3 aromatic rings. The van der Waals surface area contributed by atoms with Crippen molar-refractivity contribution in [2.24, 2.45) is 13.0 Å². The fourth-order valence-electron chi connectivity index (χ4n) is 4.46. The molecular weight excluding hydrogens is 446 g/mol. The number of imide groups is 1. The number of rotatable bonds is 7. The van der Waals surface area contributed by atoms with Crippen LogP contribution in [0.4, 0.5) is 16.4 Å². The van der Waals surface area contributed by atoms with E-state index in [4.69, 9.17) is 5.73 Å². The Kier molecular flexibility index (Phi) is 6.81. The van der Waals surface area contributed by atoms with Gasteiger partial charge in [-0.15, -0.1) is 0 Å². The van der Waals surface area contributed by atoms with Crippen molar-refractivity contribution in [2.45, 2.75) is 31.8 Å². The van der Waals surface area contributed by atoms with Gasteiger partial charge in [0.25, 0.3) is 5.91 Å². The third kappa shape index (κ3) is 4.72. The first-order valence-electron chi connectivity index (χ1n) is 11.5. The average molecular weight is 476 g/mol. The molecule has 10 nitrogen and oxygen atoms in total. The standard InChI is InChI=1S/C25H29N7O3/c1-4-19(17-8-6-5-7-9-17)29-25(35)32-22(24(34)30(2)21-11-13-28-31(21)3)18(23(32)33)14-16-10-12-27-20(26)15-16/h5-13,15,18-19,22H,4,14H2,1-3H3,(H2,26,27)(H,29,35)/t18-,19-,22+/m1/s1. The van der Waals surface area contributed by atoms with Gasteiger partial charge in [0, 0.05) is 26.4 Å². The minimum Gasteiger partial charge on any atom is -0.384 e. The average Bonchev–Trinajstić information content (AvgIpc) is 3.29. The van der Waals surface area contributed by atoms with Crippen molar-refractivity contribution < 1.29 is 14.4 Å². The SMILES string of the molecule is CC[C@@H](NC(=O)N1C(=O)[C@H](Cc2ccnc(N)c2)[C@H]1C(=O)N(C)c1ccnn1C)c1ccccc1. The minimum absolute atomic E-state index is 0.265. The molecule has 1 fully saturated rings. The van der Waals surface area contributed by atoms with E-state index in [0.717, 1.165) is 16.0 Å². The minimum atomic E-state index is -0.968. The largest absolute Gasteiger partial charge is 0.384 e. The number of hydrogen-bond acceptors (Lipinski definition) is 6. The van der Waals surface area contributed by atoms with Gasteiger partial charge in [-0.3, -0.25) is 24.1 Å². The molecule has 2 aromatic heterocycles. The van der Waals surface area contributed by atoms with Crippen molar-refractivity contribution in [3.63, 3.8) is 0 Å². The summed E-state index contributed by atoms with van der Waals surface area (Å²) in [4.78, 5) is 46.6. The smallest absolute Gasteiger partial charge is 0.325 e. The Labute approximate surface area is 203 Å². The number of likely N-dealkylation sites (tertiary alicyclic amines) is 1. The van der Waals surface area contributed by atoms with Gasteiger partial charge in [0.2, 0.25) is 5.91 Å². The summed E-state index contributed by atoms with van der Waals surface area (Å²) < 4.78 is 1.56. The van der Waals surface area contributed by atoms with Crippen molar-refractivity contribution in [1.29, 1.82) is 0 Å². The number of anilines is 2. The van der Waals surface area contributed by atoms with E-state index in [9.17, 15) is 14.4 Å². The zero-order valence-corrected chi connectivity index (χ0v) is 20.0. The highest BCUT2D eigenvalue weighted by Gasteiger charge is 2.55. The number of benzene rings is 1. The van der Waals surface area contributed by atoms with Gasteiger partial charge in [-0.25, -0.2) is 9.78 Å². The van der Waals surface area contributed by atoms with E-state index in [1.54, 1.807) is 49.4 Å². The predicted molar refractivity (Wildman–Crippen MR) is 131 cm³/mol. The van der Waals surface area contributed by atoms with Crippen molar-refractivity contribution >= 4 is 29.5 Å². The number of hydrogen-bond donors (Lipinski definition) is 2. The van der Waals surface area contributed by atoms with Crippen molar-refractivity contribution in [3.05, 3.63) is 72.1 Å². The monoisotopic (exact) mass is 475 g/mol. The number of urea groups is 1. The lowest BCUT2D eigenvalue weighted by atomic mass is 9.81. The third-order valence-electron chi connectivity index (χ3n) is 6.36. The van der Waals surface area contributed by atoms with E-state index < -0.39 is 23.9 Å². The number of nitrogens with two attached hydrogens (primary N) is 1. The number of likely N-dealkylation sites (N-methyl/N-ethyl adjacent to an activating group) is 1. The molecule has 3 atom stereocenters. The third-order valence-corrected chi connectivity index (χ3v) is 6.36. The number of amides is 4. The van der Waals surface area contributed by atoms with Gasteiger partial charge in [0.05, 0.1) is 18.2 Å². The lowest BCUT2D eigenvalue weighted by Gasteiger charge is -2.46. The number of pyridine rings is 1. The molecule has 3 N–H and O–H groups in total. The summed E-state index contributed by atoms with van der Waals surface area (Å²) in [5.74, 6) is -0.604. The molecule has 1 saturated heterocycles. The van der Waals surface area contributed by atoms with Gasteiger partial charge in [0.1, 0.15) is 17.7 Å². The zero-order chi connectivity index (χ0) is 25.1. The summed E-state index contributed by atoms with van der Waals surface area (Å²) in [6.45, 7) is 1.95. The maximum atomic E-state index is 13.6. The van der Waals surface area contributed by atoms with Gasteiger partial charge >= 0.3 is 6.03 Å². The van der Waals surface area contributed by atoms with Crippen LogP contribution < -0.4 is 16.0 Å². The summed E-state index contributed by atoms with van der Waals surface area (Å²) in [6, 6.07) is 12.8. The van der Waals surface area contributed by atoms with E-state index in [-0.39, 0.29) is 18.4 Å². The molecule has 4 amide bonds. The molecule has 0 unspecified atom stereocenters.